The second-order valence-electron chi connectivity index (χ2n) is 4.63. The van der Waals surface area contributed by atoms with Crippen LogP contribution in [-0.4, -0.2) is 21.6 Å². The maximum absolute atomic E-state index is 4.25. The van der Waals surface area contributed by atoms with Gasteiger partial charge in [0.25, 0.3) is 0 Å². The van der Waals surface area contributed by atoms with Crippen LogP contribution in [0.5, 0.6) is 0 Å². The third kappa shape index (κ3) is 2.42. The van der Waals surface area contributed by atoms with Crippen LogP contribution in [0.25, 0.3) is 0 Å². The van der Waals surface area contributed by atoms with Crippen molar-refractivity contribution in [3.8, 4) is 0 Å². The predicted octanol–water partition coefficient (Wildman–Crippen LogP) is 2.67. The largest absolute Gasteiger partial charge is 0.308 e. The van der Waals surface area contributed by atoms with Gasteiger partial charge in [-0.25, -0.2) is 0 Å². The third-order valence-electron chi connectivity index (χ3n) is 3.03. The lowest BCUT2D eigenvalue weighted by atomic mass is 9.98. The lowest BCUT2D eigenvalue weighted by molar-refractivity contribution is 0.672. The number of rotatable bonds is 4. The number of hydrogen-bond donors (Lipinski definition) is 1. The number of aryl methyl sites for hydroxylation is 1. The molecule has 0 saturated heterocycles. The summed E-state index contributed by atoms with van der Waals surface area (Å²) < 4.78 is 4.10. The third-order valence-corrected chi connectivity index (χ3v) is 3.83. The van der Waals surface area contributed by atoms with Gasteiger partial charge in [-0.3, -0.25) is 4.98 Å². The Hall–Kier alpha value is -1.33. The Morgan fingerprint density at radius 1 is 1.33 bits per heavy atom. The fraction of sp³-hybridized carbons (Fsp3) is 0.462. The molecule has 2 heterocycles. The zero-order valence-electron chi connectivity index (χ0n) is 11.1. The van der Waals surface area contributed by atoms with E-state index in [0.29, 0.717) is 5.92 Å². The highest BCUT2D eigenvalue weighted by molar-refractivity contribution is 7.05. The van der Waals surface area contributed by atoms with E-state index in [1.165, 1.54) is 27.5 Å². The lowest BCUT2D eigenvalue weighted by Crippen LogP contribution is -2.19. The highest BCUT2D eigenvalue weighted by Crippen LogP contribution is 2.31. The Labute approximate surface area is 112 Å². The van der Waals surface area contributed by atoms with Crippen molar-refractivity contribution in [3.05, 3.63) is 40.2 Å². The average molecular weight is 262 g/mol. The molecule has 2 aromatic rings. The SMILES string of the molecule is CNC(c1cnccc1C)c1snnc1C(C)C. The van der Waals surface area contributed by atoms with Crippen molar-refractivity contribution >= 4 is 11.5 Å². The minimum Gasteiger partial charge on any atom is -0.308 e. The van der Waals surface area contributed by atoms with E-state index in [1.807, 2.05) is 25.5 Å². The molecule has 0 aromatic carbocycles. The average Bonchev–Trinajstić information content (AvgIpc) is 2.82. The van der Waals surface area contributed by atoms with Crippen molar-refractivity contribution in [2.24, 2.45) is 0 Å². The fourth-order valence-electron chi connectivity index (χ4n) is 2.01. The Morgan fingerprint density at radius 3 is 2.72 bits per heavy atom. The molecule has 0 spiro atoms. The molecule has 2 rings (SSSR count). The Morgan fingerprint density at radius 2 is 2.11 bits per heavy atom. The van der Waals surface area contributed by atoms with E-state index >= 15 is 0 Å². The van der Waals surface area contributed by atoms with Gasteiger partial charge in [0, 0.05) is 12.4 Å². The Kier molecular flexibility index (Phi) is 4.04. The van der Waals surface area contributed by atoms with Crippen LogP contribution in [0.15, 0.2) is 18.5 Å². The van der Waals surface area contributed by atoms with Crippen molar-refractivity contribution in [3.63, 3.8) is 0 Å². The van der Waals surface area contributed by atoms with E-state index in [9.17, 15) is 0 Å². The second kappa shape index (κ2) is 5.54. The van der Waals surface area contributed by atoms with Gasteiger partial charge >= 0.3 is 0 Å². The van der Waals surface area contributed by atoms with Crippen LogP contribution in [0.4, 0.5) is 0 Å². The molecule has 0 aliphatic carbocycles. The van der Waals surface area contributed by atoms with E-state index in [1.54, 1.807) is 0 Å². The minimum atomic E-state index is 0.121. The summed E-state index contributed by atoms with van der Waals surface area (Å²) in [4.78, 5) is 5.41. The number of nitrogens with zero attached hydrogens (tertiary/aromatic N) is 3. The predicted molar refractivity (Wildman–Crippen MR) is 73.9 cm³/mol. The van der Waals surface area contributed by atoms with Gasteiger partial charge < -0.3 is 5.32 Å². The summed E-state index contributed by atoms with van der Waals surface area (Å²) in [5.41, 5.74) is 3.49. The van der Waals surface area contributed by atoms with E-state index in [-0.39, 0.29) is 6.04 Å². The van der Waals surface area contributed by atoms with E-state index in [2.05, 4.69) is 40.7 Å². The van der Waals surface area contributed by atoms with E-state index in [4.69, 9.17) is 0 Å². The first-order valence-corrected chi connectivity index (χ1v) is 6.82. The van der Waals surface area contributed by atoms with Gasteiger partial charge in [-0.1, -0.05) is 18.3 Å². The number of aromatic nitrogens is 3. The van der Waals surface area contributed by atoms with Crippen LogP contribution in [0.2, 0.25) is 0 Å². The maximum Gasteiger partial charge on any atom is 0.0832 e. The highest BCUT2D eigenvalue weighted by atomic mass is 32.1. The molecular formula is C13H18N4S. The van der Waals surface area contributed by atoms with Crippen molar-refractivity contribution in [1.82, 2.24) is 19.9 Å². The number of hydrogen-bond acceptors (Lipinski definition) is 5. The highest BCUT2D eigenvalue weighted by Gasteiger charge is 2.22. The van der Waals surface area contributed by atoms with Crippen LogP contribution in [-0.2, 0) is 0 Å². The van der Waals surface area contributed by atoms with Crippen LogP contribution in [0, 0.1) is 6.92 Å². The normalized spacial score (nSPS) is 12.9. The first-order chi connectivity index (χ1) is 8.65. The van der Waals surface area contributed by atoms with Gasteiger partial charge in [0.2, 0.25) is 0 Å². The molecule has 4 nitrogen and oxygen atoms in total. The lowest BCUT2D eigenvalue weighted by Gasteiger charge is -2.18. The van der Waals surface area contributed by atoms with Gasteiger partial charge in [0.1, 0.15) is 0 Å². The summed E-state index contributed by atoms with van der Waals surface area (Å²) >= 11 is 1.46. The molecule has 0 bridgehead atoms. The molecule has 0 amide bonds. The van der Waals surface area contributed by atoms with Crippen molar-refractivity contribution in [2.75, 3.05) is 7.05 Å². The monoisotopic (exact) mass is 262 g/mol. The second-order valence-corrected chi connectivity index (χ2v) is 5.42. The van der Waals surface area contributed by atoms with Crippen molar-refractivity contribution < 1.29 is 0 Å². The van der Waals surface area contributed by atoms with Crippen LogP contribution >= 0.6 is 11.5 Å². The smallest absolute Gasteiger partial charge is 0.0832 e. The summed E-state index contributed by atoms with van der Waals surface area (Å²) in [5.74, 6) is 0.381. The molecule has 1 N–H and O–H groups in total. The molecule has 0 fully saturated rings. The molecule has 0 aliphatic rings. The van der Waals surface area contributed by atoms with Crippen LogP contribution in [0.3, 0.4) is 0 Å². The zero-order chi connectivity index (χ0) is 13.1. The molecular weight excluding hydrogens is 244 g/mol. The molecule has 5 heteroatoms. The van der Waals surface area contributed by atoms with E-state index < -0.39 is 0 Å². The molecule has 18 heavy (non-hydrogen) atoms. The first-order valence-electron chi connectivity index (χ1n) is 6.05. The van der Waals surface area contributed by atoms with Gasteiger partial charge in [-0.05, 0) is 48.6 Å². The topological polar surface area (TPSA) is 50.7 Å². The maximum atomic E-state index is 4.25. The zero-order valence-corrected chi connectivity index (χ0v) is 12.0. The molecule has 0 saturated carbocycles. The van der Waals surface area contributed by atoms with Crippen LogP contribution in [0.1, 0.15) is 47.5 Å². The standard InChI is InChI=1S/C13H18N4S/c1-8(2)11-13(18-17-16-11)12(14-4)10-7-15-6-5-9(10)3/h5-8,12,14H,1-4H3. The van der Waals surface area contributed by atoms with Crippen molar-refractivity contribution in [2.45, 2.75) is 32.7 Å². The summed E-state index contributed by atoms with van der Waals surface area (Å²) in [6, 6.07) is 2.15. The molecule has 1 unspecified atom stereocenters. The minimum absolute atomic E-state index is 0.121. The molecule has 1 atom stereocenters. The number of pyridine rings is 1. The Bertz CT molecular complexity index is 521. The molecule has 0 aliphatic heterocycles. The van der Waals surface area contributed by atoms with Gasteiger partial charge in [0.15, 0.2) is 0 Å². The quantitative estimate of drug-likeness (QED) is 0.920. The summed E-state index contributed by atoms with van der Waals surface area (Å²) in [7, 11) is 1.96. The summed E-state index contributed by atoms with van der Waals surface area (Å²) in [5, 5.41) is 7.60. The number of nitrogens with one attached hydrogen (secondary N) is 1. The summed E-state index contributed by atoms with van der Waals surface area (Å²) in [6.45, 7) is 6.39. The van der Waals surface area contributed by atoms with Crippen molar-refractivity contribution in [1.29, 1.82) is 0 Å². The Balaban J connectivity index is 2.46. The first kappa shape index (κ1) is 13.1. The van der Waals surface area contributed by atoms with Gasteiger partial charge in [-0.2, -0.15) is 0 Å². The van der Waals surface area contributed by atoms with E-state index in [0.717, 1.165) is 5.69 Å². The van der Waals surface area contributed by atoms with Gasteiger partial charge in [0.05, 0.1) is 16.6 Å². The molecule has 2 aromatic heterocycles. The molecule has 96 valence electrons. The van der Waals surface area contributed by atoms with Crippen LogP contribution < -0.4 is 5.32 Å². The molecule has 0 radical (unpaired) electrons. The fourth-order valence-corrected chi connectivity index (χ4v) is 2.95. The van der Waals surface area contributed by atoms with Gasteiger partial charge in [-0.15, -0.1) is 5.10 Å². The summed E-state index contributed by atoms with van der Waals surface area (Å²) in [6.07, 6.45) is 3.74.